The highest BCUT2D eigenvalue weighted by molar-refractivity contribution is 6.74. The van der Waals surface area contributed by atoms with Crippen molar-refractivity contribution in [2.75, 3.05) is 19.8 Å². The molecule has 0 saturated heterocycles. The van der Waals surface area contributed by atoms with Crippen molar-refractivity contribution in [3.05, 3.63) is 29.3 Å². The molecular formula is C18H27F3O4Si. The van der Waals surface area contributed by atoms with E-state index in [4.69, 9.17) is 13.9 Å². The van der Waals surface area contributed by atoms with Crippen LogP contribution in [0.15, 0.2) is 18.2 Å². The molecule has 4 nitrogen and oxygen atoms in total. The molecule has 0 amide bonds. The van der Waals surface area contributed by atoms with Crippen molar-refractivity contribution in [2.24, 2.45) is 0 Å². The fourth-order valence-corrected chi connectivity index (χ4v) is 3.01. The number of alkyl halides is 3. The Bertz CT molecular complexity index is 622. The summed E-state index contributed by atoms with van der Waals surface area (Å²) in [4.78, 5) is 11.8. The van der Waals surface area contributed by atoms with Crippen LogP contribution in [-0.4, -0.2) is 34.1 Å². The number of carbonyl (C=O) groups is 1. The Labute approximate surface area is 153 Å². The van der Waals surface area contributed by atoms with Gasteiger partial charge in [0.1, 0.15) is 17.9 Å². The van der Waals surface area contributed by atoms with Crippen molar-refractivity contribution >= 4 is 14.3 Å². The first kappa shape index (κ1) is 22.5. The van der Waals surface area contributed by atoms with Crippen molar-refractivity contribution in [3.63, 3.8) is 0 Å². The van der Waals surface area contributed by atoms with Crippen LogP contribution in [0.3, 0.4) is 0 Å². The van der Waals surface area contributed by atoms with Gasteiger partial charge in [0.2, 0.25) is 0 Å². The van der Waals surface area contributed by atoms with Crippen molar-refractivity contribution in [3.8, 4) is 5.75 Å². The molecule has 0 unspecified atom stereocenters. The van der Waals surface area contributed by atoms with E-state index in [2.05, 4.69) is 33.9 Å². The van der Waals surface area contributed by atoms with Gasteiger partial charge in [0.25, 0.3) is 0 Å². The minimum Gasteiger partial charge on any atom is -0.491 e. The van der Waals surface area contributed by atoms with E-state index in [9.17, 15) is 18.0 Å². The van der Waals surface area contributed by atoms with Crippen LogP contribution in [0.25, 0.3) is 0 Å². The summed E-state index contributed by atoms with van der Waals surface area (Å²) in [6, 6.07) is 3.61. The van der Waals surface area contributed by atoms with Gasteiger partial charge in [0.05, 0.1) is 18.8 Å². The molecule has 148 valence electrons. The maximum atomic E-state index is 13.5. The van der Waals surface area contributed by atoms with E-state index in [1.807, 2.05) is 0 Å². The molecule has 0 N–H and O–H groups in total. The molecule has 0 spiro atoms. The van der Waals surface area contributed by atoms with E-state index in [1.54, 1.807) is 0 Å². The standard InChI is InChI=1S/C18H27F3O4Si/c1-7-23-16(22)13-9-8-10-14(15(13)18(19,20)21)24-11-12-25-26(5,6)17(2,3)4/h8-10H,7,11-12H2,1-6H3. The number of benzene rings is 1. The zero-order valence-corrected chi connectivity index (χ0v) is 17.1. The van der Waals surface area contributed by atoms with Crippen molar-refractivity contribution in [1.82, 2.24) is 0 Å². The molecule has 1 rings (SSSR count). The average Bonchev–Trinajstić information content (AvgIpc) is 2.49. The van der Waals surface area contributed by atoms with Crippen molar-refractivity contribution in [2.45, 2.75) is 52.0 Å². The van der Waals surface area contributed by atoms with E-state index in [0.717, 1.165) is 6.07 Å². The van der Waals surface area contributed by atoms with Crippen LogP contribution in [0, 0.1) is 0 Å². The highest BCUT2D eigenvalue weighted by atomic mass is 28.4. The molecular weight excluding hydrogens is 365 g/mol. The van der Waals surface area contributed by atoms with E-state index in [0.29, 0.717) is 0 Å². The molecule has 8 heteroatoms. The highest BCUT2D eigenvalue weighted by Gasteiger charge is 2.40. The van der Waals surface area contributed by atoms with Crippen LogP contribution in [0.2, 0.25) is 18.1 Å². The zero-order valence-electron chi connectivity index (χ0n) is 16.1. The lowest BCUT2D eigenvalue weighted by Gasteiger charge is -2.36. The van der Waals surface area contributed by atoms with Gasteiger partial charge in [-0.3, -0.25) is 0 Å². The summed E-state index contributed by atoms with van der Waals surface area (Å²) in [6.07, 6.45) is -4.74. The summed E-state index contributed by atoms with van der Waals surface area (Å²) in [7, 11) is -2.01. The quantitative estimate of drug-likeness (QED) is 0.360. The number of hydrogen-bond acceptors (Lipinski definition) is 4. The lowest BCUT2D eigenvalue weighted by Crippen LogP contribution is -2.41. The maximum absolute atomic E-state index is 13.5. The first-order valence-electron chi connectivity index (χ1n) is 8.45. The largest absolute Gasteiger partial charge is 0.491 e. The minimum absolute atomic E-state index is 0.00599. The van der Waals surface area contributed by atoms with Gasteiger partial charge in [-0.2, -0.15) is 13.2 Å². The van der Waals surface area contributed by atoms with E-state index in [-0.39, 0.29) is 24.9 Å². The van der Waals surface area contributed by atoms with Gasteiger partial charge >= 0.3 is 12.1 Å². The van der Waals surface area contributed by atoms with Crippen LogP contribution >= 0.6 is 0 Å². The fraction of sp³-hybridized carbons (Fsp3) is 0.611. The number of hydrogen-bond donors (Lipinski definition) is 0. The van der Waals surface area contributed by atoms with E-state index < -0.39 is 37.3 Å². The van der Waals surface area contributed by atoms with Crippen LogP contribution in [0.5, 0.6) is 5.75 Å². The van der Waals surface area contributed by atoms with Gasteiger partial charge < -0.3 is 13.9 Å². The Morgan fingerprint density at radius 2 is 1.73 bits per heavy atom. The topological polar surface area (TPSA) is 44.8 Å². The number of halogens is 3. The Hall–Kier alpha value is -1.54. The smallest absolute Gasteiger partial charge is 0.420 e. The van der Waals surface area contributed by atoms with Crippen LogP contribution in [0.4, 0.5) is 13.2 Å². The molecule has 0 saturated carbocycles. The molecule has 26 heavy (non-hydrogen) atoms. The fourth-order valence-electron chi connectivity index (χ4n) is 1.99. The van der Waals surface area contributed by atoms with Crippen LogP contribution < -0.4 is 4.74 Å². The second kappa shape index (κ2) is 8.43. The molecule has 0 aliphatic rings. The molecule has 0 radical (unpaired) electrons. The number of ether oxygens (including phenoxy) is 2. The van der Waals surface area contributed by atoms with Gasteiger partial charge in [0.15, 0.2) is 8.32 Å². The lowest BCUT2D eigenvalue weighted by molar-refractivity contribution is -0.139. The summed E-state index contributed by atoms with van der Waals surface area (Å²) in [6.45, 7) is 12.0. The first-order valence-corrected chi connectivity index (χ1v) is 11.4. The zero-order chi connectivity index (χ0) is 20.2. The van der Waals surface area contributed by atoms with Gasteiger partial charge in [-0.25, -0.2) is 4.79 Å². The average molecular weight is 392 g/mol. The summed E-state index contributed by atoms with van der Waals surface area (Å²) in [5.41, 5.74) is -1.67. The second-order valence-electron chi connectivity index (χ2n) is 7.35. The summed E-state index contributed by atoms with van der Waals surface area (Å²) in [5, 5.41) is -0.00599. The number of rotatable bonds is 7. The SMILES string of the molecule is CCOC(=O)c1cccc(OCCO[Si](C)(C)C(C)(C)C)c1C(F)(F)F. The molecule has 0 bridgehead atoms. The Kier molecular flexibility index (Phi) is 7.30. The first-order chi connectivity index (χ1) is 11.8. The minimum atomic E-state index is -4.74. The predicted molar refractivity (Wildman–Crippen MR) is 96.0 cm³/mol. The van der Waals surface area contributed by atoms with Gasteiger partial charge in [0, 0.05) is 0 Å². The monoisotopic (exact) mass is 392 g/mol. The molecule has 0 atom stereocenters. The van der Waals surface area contributed by atoms with Crippen molar-refractivity contribution in [1.29, 1.82) is 0 Å². The molecule has 1 aromatic rings. The van der Waals surface area contributed by atoms with Crippen molar-refractivity contribution < 1.29 is 31.9 Å². The number of esters is 1. The third-order valence-electron chi connectivity index (χ3n) is 4.42. The van der Waals surface area contributed by atoms with Crippen LogP contribution in [0.1, 0.15) is 43.6 Å². The Balaban J connectivity index is 2.94. The summed E-state index contributed by atoms with van der Waals surface area (Å²) < 4.78 is 56.3. The Morgan fingerprint density at radius 3 is 2.23 bits per heavy atom. The van der Waals surface area contributed by atoms with Gasteiger partial charge in [-0.05, 0) is 37.2 Å². The molecule has 0 aliphatic carbocycles. The molecule has 0 aromatic heterocycles. The third-order valence-corrected chi connectivity index (χ3v) is 8.95. The third kappa shape index (κ3) is 5.74. The highest BCUT2D eigenvalue weighted by Crippen LogP contribution is 2.39. The van der Waals surface area contributed by atoms with E-state index >= 15 is 0 Å². The summed E-state index contributed by atoms with van der Waals surface area (Å²) >= 11 is 0. The van der Waals surface area contributed by atoms with Gasteiger partial charge in [-0.15, -0.1) is 0 Å². The predicted octanol–water partition coefficient (Wildman–Crippen LogP) is 5.28. The molecule has 1 aromatic carbocycles. The van der Waals surface area contributed by atoms with Gasteiger partial charge in [-0.1, -0.05) is 26.8 Å². The molecule has 0 heterocycles. The molecule has 0 aliphatic heterocycles. The molecule has 0 fully saturated rings. The summed E-state index contributed by atoms with van der Waals surface area (Å²) in [5.74, 6) is -1.43. The van der Waals surface area contributed by atoms with Crippen LogP contribution in [-0.2, 0) is 15.3 Å². The van der Waals surface area contributed by atoms with E-state index in [1.165, 1.54) is 19.1 Å². The number of carbonyl (C=O) groups excluding carboxylic acids is 1. The maximum Gasteiger partial charge on any atom is 0.420 e. The normalized spacial score (nSPS) is 12.8. The lowest BCUT2D eigenvalue weighted by atomic mass is 10.1. The Morgan fingerprint density at radius 1 is 1.12 bits per heavy atom. The second-order valence-corrected chi connectivity index (χ2v) is 12.2.